The molecule has 0 saturated carbocycles. The molecule has 1 aliphatic heterocycles. The summed E-state index contributed by atoms with van der Waals surface area (Å²) < 4.78 is 18.2. The van der Waals surface area contributed by atoms with Gasteiger partial charge in [-0.25, -0.2) is 9.18 Å². The zero-order valence-electron chi connectivity index (χ0n) is 21.1. The van der Waals surface area contributed by atoms with Crippen LogP contribution in [0, 0.1) is 17.7 Å². The molecule has 0 aromatic heterocycles. The molecule has 0 bridgehead atoms. The number of carbonyl (C=O) groups is 2. The Morgan fingerprint density at radius 1 is 1.00 bits per heavy atom. The van der Waals surface area contributed by atoms with Gasteiger partial charge >= 0.3 is 5.97 Å². The molecule has 0 spiro atoms. The number of amides is 1. The molecule has 0 radical (unpaired) electrons. The molecule has 3 aromatic carbocycles. The maximum absolute atomic E-state index is 14.0. The lowest BCUT2D eigenvalue weighted by molar-refractivity contribution is -0.156. The molecule has 6 heteroatoms. The largest absolute Gasteiger partial charge is 0.467 e. The fourth-order valence-electron chi connectivity index (χ4n) is 4.83. The molecule has 1 aliphatic rings. The van der Waals surface area contributed by atoms with Crippen molar-refractivity contribution >= 4 is 11.9 Å². The number of hydrogen-bond donors (Lipinski definition) is 0. The van der Waals surface area contributed by atoms with Crippen LogP contribution >= 0.6 is 0 Å². The monoisotopic (exact) mass is 498 g/mol. The third-order valence-electron chi connectivity index (χ3n) is 6.87. The van der Waals surface area contributed by atoms with E-state index in [0.29, 0.717) is 25.9 Å². The van der Waals surface area contributed by atoms with Crippen molar-refractivity contribution in [3.63, 3.8) is 0 Å². The Labute approximate surface area is 217 Å². The van der Waals surface area contributed by atoms with Gasteiger partial charge in [0.15, 0.2) is 0 Å². The first-order valence-corrected chi connectivity index (χ1v) is 12.4. The summed E-state index contributed by atoms with van der Waals surface area (Å²) in [5, 5.41) is 0. The Morgan fingerprint density at radius 3 is 2.16 bits per heavy atom. The van der Waals surface area contributed by atoms with Crippen LogP contribution in [0.25, 0.3) is 0 Å². The highest BCUT2D eigenvalue weighted by atomic mass is 19.1. The molecule has 0 N–H and O–H groups in total. The van der Waals surface area contributed by atoms with Crippen LogP contribution in [0.15, 0.2) is 84.9 Å². The molecule has 5 nitrogen and oxygen atoms in total. The average Bonchev–Trinajstić information content (AvgIpc) is 2.94. The molecule has 190 valence electrons. The number of benzene rings is 3. The summed E-state index contributed by atoms with van der Waals surface area (Å²) in [5.41, 5.74) is 2.52. The number of piperidine rings is 1. The van der Waals surface area contributed by atoms with E-state index in [1.165, 1.54) is 19.2 Å². The molecule has 1 fully saturated rings. The number of ether oxygens (including phenoxy) is 1. The topological polar surface area (TPSA) is 49.9 Å². The van der Waals surface area contributed by atoms with E-state index in [2.05, 4.69) is 16.7 Å². The first-order chi connectivity index (χ1) is 18.0. The fourth-order valence-corrected chi connectivity index (χ4v) is 4.83. The smallest absolute Gasteiger partial charge is 0.328 e. The zero-order chi connectivity index (χ0) is 26.2. The van der Waals surface area contributed by atoms with Gasteiger partial charge in [0.25, 0.3) is 0 Å². The van der Waals surface area contributed by atoms with Crippen molar-refractivity contribution < 1.29 is 18.7 Å². The Morgan fingerprint density at radius 2 is 1.59 bits per heavy atom. The van der Waals surface area contributed by atoms with Gasteiger partial charge in [0.2, 0.25) is 5.91 Å². The molecule has 2 atom stereocenters. The third-order valence-corrected chi connectivity index (χ3v) is 6.87. The standard InChI is InChI=1S/C31H31FN2O3/c1-33(20-9-10-23-15-17-26(32)18-16-23)27-19-21-34(28(22-27)31(36)37-2)30(35)29(24-11-5-3-6-12-24)25-13-7-4-8-14-25/h3-8,11-18,27-29H,19-22H2,1-2H3/t27-,28+/m1/s1. The molecule has 1 heterocycles. The normalized spacial score (nSPS) is 17.3. The number of rotatable bonds is 6. The highest BCUT2D eigenvalue weighted by molar-refractivity contribution is 5.91. The van der Waals surface area contributed by atoms with Gasteiger partial charge in [0, 0.05) is 18.2 Å². The summed E-state index contributed by atoms with van der Waals surface area (Å²) >= 11 is 0. The molecule has 4 rings (SSSR count). The van der Waals surface area contributed by atoms with E-state index in [-0.39, 0.29) is 17.8 Å². The van der Waals surface area contributed by atoms with E-state index in [9.17, 15) is 14.0 Å². The van der Waals surface area contributed by atoms with Crippen molar-refractivity contribution in [3.05, 3.63) is 107 Å². The number of likely N-dealkylation sites (tertiary alicyclic amines) is 1. The van der Waals surface area contributed by atoms with Gasteiger partial charge in [-0.05, 0) is 55.3 Å². The summed E-state index contributed by atoms with van der Waals surface area (Å²) in [6.45, 7) is 0.926. The van der Waals surface area contributed by atoms with Crippen LogP contribution in [0.4, 0.5) is 4.39 Å². The Hall–Kier alpha value is -3.95. The molecule has 0 unspecified atom stereocenters. The second-order valence-corrected chi connectivity index (χ2v) is 9.23. The first-order valence-electron chi connectivity index (χ1n) is 12.4. The lowest BCUT2D eigenvalue weighted by Gasteiger charge is -2.42. The van der Waals surface area contributed by atoms with Gasteiger partial charge < -0.3 is 9.64 Å². The molecule has 37 heavy (non-hydrogen) atoms. The molecule has 3 aromatic rings. The van der Waals surface area contributed by atoms with E-state index in [0.717, 1.165) is 16.7 Å². The highest BCUT2D eigenvalue weighted by Crippen LogP contribution is 2.31. The predicted octanol–water partition coefficient (Wildman–Crippen LogP) is 4.47. The minimum Gasteiger partial charge on any atom is -0.467 e. The van der Waals surface area contributed by atoms with Crippen LogP contribution in [-0.4, -0.2) is 61.0 Å². The number of hydrogen-bond acceptors (Lipinski definition) is 4. The Kier molecular flexibility index (Phi) is 8.71. The quantitative estimate of drug-likeness (QED) is 0.372. The van der Waals surface area contributed by atoms with Gasteiger partial charge in [-0.3, -0.25) is 9.69 Å². The minimum atomic E-state index is -0.682. The van der Waals surface area contributed by atoms with Crippen LogP contribution in [0.3, 0.4) is 0 Å². The highest BCUT2D eigenvalue weighted by Gasteiger charge is 2.40. The SMILES string of the molecule is COC(=O)[C@@H]1C[C@H](N(C)CC#Cc2ccc(F)cc2)CCN1C(=O)C(c1ccccc1)c1ccccc1. The predicted molar refractivity (Wildman–Crippen MR) is 141 cm³/mol. The zero-order valence-corrected chi connectivity index (χ0v) is 21.1. The summed E-state index contributed by atoms with van der Waals surface area (Å²) in [5.74, 6) is 4.86. The number of carbonyl (C=O) groups excluding carboxylic acids is 2. The maximum atomic E-state index is 14.0. The molecular weight excluding hydrogens is 467 g/mol. The number of nitrogens with zero attached hydrogens (tertiary/aromatic N) is 2. The first kappa shape index (κ1) is 26.1. The molecule has 1 amide bonds. The minimum absolute atomic E-state index is 0.0579. The second kappa shape index (κ2) is 12.3. The summed E-state index contributed by atoms with van der Waals surface area (Å²) in [6, 6.07) is 24.8. The third kappa shape index (κ3) is 6.44. The van der Waals surface area contributed by atoms with E-state index < -0.39 is 17.9 Å². The van der Waals surface area contributed by atoms with Crippen molar-refractivity contribution in [1.29, 1.82) is 0 Å². The maximum Gasteiger partial charge on any atom is 0.328 e. The van der Waals surface area contributed by atoms with Gasteiger partial charge in [-0.15, -0.1) is 0 Å². The Bertz CT molecular complexity index is 1210. The van der Waals surface area contributed by atoms with Crippen molar-refractivity contribution in [3.8, 4) is 11.8 Å². The summed E-state index contributed by atoms with van der Waals surface area (Å²) in [7, 11) is 3.32. The van der Waals surface area contributed by atoms with Crippen molar-refractivity contribution in [2.45, 2.75) is 30.8 Å². The van der Waals surface area contributed by atoms with Crippen molar-refractivity contribution in [2.24, 2.45) is 0 Å². The van der Waals surface area contributed by atoms with E-state index in [1.807, 2.05) is 67.7 Å². The van der Waals surface area contributed by atoms with Crippen molar-refractivity contribution in [1.82, 2.24) is 9.80 Å². The second-order valence-electron chi connectivity index (χ2n) is 9.23. The van der Waals surface area contributed by atoms with Crippen LogP contribution < -0.4 is 0 Å². The van der Waals surface area contributed by atoms with E-state index in [4.69, 9.17) is 4.74 Å². The molecule has 1 saturated heterocycles. The number of halogens is 1. The number of esters is 1. The van der Waals surface area contributed by atoms with Crippen LogP contribution in [0.1, 0.15) is 35.4 Å². The fraction of sp³-hybridized carbons (Fsp3) is 0.290. The van der Waals surface area contributed by atoms with Gasteiger partial charge in [-0.1, -0.05) is 72.5 Å². The van der Waals surface area contributed by atoms with Crippen LogP contribution in [-0.2, 0) is 14.3 Å². The Balaban J connectivity index is 1.52. The van der Waals surface area contributed by atoms with E-state index in [1.54, 1.807) is 17.0 Å². The van der Waals surface area contributed by atoms with Crippen LogP contribution in [0.2, 0.25) is 0 Å². The van der Waals surface area contributed by atoms with Gasteiger partial charge in [-0.2, -0.15) is 0 Å². The van der Waals surface area contributed by atoms with Gasteiger partial charge in [0.05, 0.1) is 19.6 Å². The van der Waals surface area contributed by atoms with Gasteiger partial charge in [0.1, 0.15) is 11.9 Å². The molecular formula is C31H31FN2O3. The summed E-state index contributed by atoms with van der Waals surface area (Å²) in [6.07, 6.45) is 1.17. The number of methoxy groups -OCH3 is 1. The van der Waals surface area contributed by atoms with Crippen molar-refractivity contribution in [2.75, 3.05) is 27.2 Å². The molecule has 0 aliphatic carbocycles. The summed E-state index contributed by atoms with van der Waals surface area (Å²) in [4.78, 5) is 30.7. The van der Waals surface area contributed by atoms with E-state index >= 15 is 0 Å². The average molecular weight is 499 g/mol. The van der Waals surface area contributed by atoms with Crippen LogP contribution in [0.5, 0.6) is 0 Å². The lowest BCUT2D eigenvalue weighted by Crippen LogP contribution is -2.55. The lowest BCUT2D eigenvalue weighted by atomic mass is 9.87.